The van der Waals surface area contributed by atoms with Crippen LogP contribution in [0.2, 0.25) is 0 Å². The van der Waals surface area contributed by atoms with Crippen molar-refractivity contribution in [1.82, 2.24) is 0 Å². The van der Waals surface area contributed by atoms with Crippen LogP contribution in [0.25, 0.3) is 0 Å². The fourth-order valence-electron chi connectivity index (χ4n) is 0.542. The van der Waals surface area contributed by atoms with Gasteiger partial charge in [0, 0.05) is 13.3 Å². The molecule has 82 valence electrons. The summed E-state index contributed by atoms with van der Waals surface area (Å²) in [6, 6.07) is 0. The highest BCUT2D eigenvalue weighted by Gasteiger charge is 2.13. The zero-order valence-corrected chi connectivity index (χ0v) is 9.81. The van der Waals surface area contributed by atoms with Crippen molar-refractivity contribution in [2.75, 3.05) is 32.3 Å². The highest BCUT2D eigenvalue weighted by Crippen LogP contribution is 2.36. The molecule has 0 saturated heterocycles. The minimum atomic E-state index is -3.65. The average Bonchev–Trinajstić information content (AvgIpc) is 1.98. The van der Waals surface area contributed by atoms with Crippen molar-refractivity contribution < 1.29 is 21.7 Å². The van der Waals surface area contributed by atoms with Gasteiger partial charge in [-0.3, -0.25) is 8.75 Å². The molecule has 0 amide bonds. The van der Waals surface area contributed by atoms with Gasteiger partial charge < -0.3 is 4.52 Å². The van der Waals surface area contributed by atoms with Gasteiger partial charge in [0.15, 0.2) is 7.37 Å². The van der Waals surface area contributed by atoms with Crippen LogP contribution >= 0.6 is 7.37 Å². The van der Waals surface area contributed by atoms with Crippen molar-refractivity contribution in [3.05, 3.63) is 0 Å². The molecule has 0 heterocycles. The molecule has 0 bridgehead atoms. The molecule has 0 aromatic heterocycles. The first-order valence-electron chi connectivity index (χ1n) is 3.77. The van der Waals surface area contributed by atoms with E-state index in [1.54, 1.807) is 0 Å². The van der Waals surface area contributed by atoms with E-state index in [1.165, 1.54) is 13.3 Å². The van der Waals surface area contributed by atoms with Gasteiger partial charge in [-0.2, -0.15) is 8.42 Å². The summed E-state index contributed by atoms with van der Waals surface area (Å²) in [5.41, 5.74) is 0. The summed E-state index contributed by atoms with van der Waals surface area (Å²) in [7, 11) is -6.29. The molecular weight excluding hydrogens is 227 g/mol. The topological polar surface area (TPSA) is 69.7 Å². The van der Waals surface area contributed by atoms with Gasteiger partial charge in [0.05, 0.1) is 12.4 Å². The second-order valence-electron chi connectivity index (χ2n) is 2.81. The summed E-state index contributed by atoms with van der Waals surface area (Å²) in [6.45, 7) is 2.36. The molecule has 0 fully saturated rings. The Kier molecular flexibility index (Phi) is 5.38. The van der Waals surface area contributed by atoms with Gasteiger partial charge in [-0.15, -0.1) is 6.42 Å². The number of hydrogen-bond acceptors (Lipinski definition) is 5. The van der Waals surface area contributed by atoms with Gasteiger partial charge in [0.2, 0.25) is 0 Å². The maximum absolute atomic E-state index is 11.0. The molecule has 0 aromatic carbocycles. The van der Waals surface area contributed by atoms with E-state index in [2.05, 4.69) is 4.18 Å². The van der Waals surface area contributed by atoms with Crippen molar-refractivity contribution >= 4 is 17.5 Å². The first-order chi connectivity index (χ1) is 6.27. The van der Waals surface area contributed by atoms with Crippen molar-refractivity contribution in [3.8, 4) is 12.3 Å². The first-order valence-corrected chi connectivity index (χ1v) is 7.86. The second-order valence-corrected chi connectivity index (χ2v) is 7.33. The molecule has 0 N–H and O–H groups in total. The molecule has 0 aliphatic carbocycles. The minimum absolute atomic E-state index is 0.156. The highest BCUT2D eigenvalue weighted by atomic mass is 32.2. The third kappa shape index (κ3) is 8.27. The fraction of sp³-hybridized carbons (Fsp3) is 0.714. The van der Waals surface area contributed by atoms with Crippen molar-refractivity contribution in [3.63, 3.8) is 0 Å². The number of hydrogen-bond donors (Lipinski definition) is 0. The van der Waals surface area contributed by atoms with E-state index >= 15 is 0 Å². The van der Waals surface area contributed by atoms with Gasteiger partial charge in [-0.25, -0.2) is 0 Å². The summed E-state index contributed by atoms with van der Waals surface area (Å²) in [4.78, 5) is 0. The average molecular weight is 240 g/mol. The lowest BCUT2D eigenvalue weighted by Crippen LogP contribution is -2.14. The molecule has 7 heteroatoms. The lowest BCUT2D eigenvalue weighted by molar-refractivity contribution is 0.323. The Hall–Kier alpha value is -0.340. The predicted molar refractivity (Wildman–Crippen MR) is 54.0 cm³/mol. The SMILES string of the molecule is C#CCOS(=O)(=O)CCOP(C)(C)=O. The molecule has 14 heavy (non-hydrogen) atoms. The van der Waals surface area contributed by atoms with E-state index in [9.17, 15) is 13.0 Å². The summed E-state index contributed by atoms with van der Waals surface area (Å²) in [5, 5.41) is 0. The van der Waals surface area contributed by atoms with E-state index < -0.39 is 17.5 Å². The molecule has 5 nitrogen and oxygen atoms in total. The van der Waals surface area contributed by atoms with Crippen molar-refractivity contribution in [2.24, 2.45) is 0 Å². The van der Waals surface area contributed by atoms with Crippen LogP contribution < -0.4 is 0 Å². The van der Waals surface area contributed by atoms with Gasteiger partial charge in [-0.1, -0.05) is 5.92 Å². The van der Waals surface area contributed by atoms with Gasteiger partial charge in [0.1, 0.15) is 6.61 Å². The molecule has 0 aliphatic heterocycles. The minimum Gasteiger partial charge on any atom is -0.328 e. The first kappa shape index (κ1) is 13.7. The molecule has 0 aromatic rings. The summed E-state index contributed by atoms with van der Waals surface area (Å²) in [5.74, 6) is 1.69. The standard InChI is InChI=1S/C7H13O5PS/c1-4-5-12-14(9,10)7-6-11-13(2,3)8/h1H,5-7H2,2-3H3. The van der Waals surface area contributed by atoms with Crippen molar-refractivity contribution in [2.45, 2.75) is 0 Å². The number of rotatable bonds is 6. The van der Waals surface area contributed by atoms with Crippen LogP contribution in [0.4, 0.5) is 0 Å². The monoisotopic (exact) mass is 240 g/mol. The largest absolute Gasteiger partial charge is 0.328 e. The Morgan fingerprint density at radius 2 is 2.00 bits per heavy atom. The van der Waals surface area contributed by atoms with Crippen LogP contribution in [-0.4, -0.2) is 40.7 Å². The maximum Gasteiger partial charge on any atom is 0.270 e. The third-order valence-electron chi connectivity index (χ3n) is 1.06. The van der Waals surface area contributed by atoms with Crippen LogP contribution in [-0.2, 0) is 23.4 Å². The quantitative estimate of drug-likeness (QED) is 0.384. The Morgan fingerprint density at radius 1 is 1.43 bits per heavy atom. The molecule has 0 unspecified atom stereocenters. The van der Waals surface area contributed by atoms with E-state index in [4.69, 9.17) is 10.9 Å². The van der Waals surface area contributed by atoms with Crippen LogP contribution in [0.5, 0.6) is 0 Å². The molecular formula is C7H13O5PS. The summed E-state index contributed by atoms with van der Waals surface area (Å²) < 4.78 is 42.1. The second kappa shape index (κ2) is 5.52. The summed E-state index contributed by atoms with van der Waals surface area (Å²) in [6.07, 6.45) is 4.82. The smallest absolute Gasteiger partial charge is 0.270 e. The van der Waals surface area contributed by atoms with E-state index in [1.807, 2.05) is 5.92 Å². The van der Waals surface area contributed by atoms with Gasteiger partial charge >= 0.3 is 0 Å². The van der Waals surface area contributed by atoms with Gasteiger partial charge in [-0.05, 0) is 0 Å². The van der Waals surface area contributed by atoms with Crippen LogP contribution in [0.15, 0.2) is 0 Å². The normalized spacial score (nSPS) is 12.4. The number of terminal acetylenes is 1. The zero-order chi connectivity index (χ0) is 11.2. The Bertz CT molecular complexity index is 347. The maximum atomic E-state index is 11.0. The van der Waals surface area contributed by atoms with Crippen LogP contribution in [0, 0.1) is 12.3 Å². The molecule has 0 rings (SSSR count). The molecule has 0 aliphatic rings. The Labute approximate surface area is 84.4 Å². The Balaban J connectivity index is 3.91. The predicted octanol–water partition coefficient (Wildman–Crippen LogP) is 0.520. The van der Waals surface area contributed by atoms with E-state index in [-0.39, 0.29) is 19.0 Å². The molecule has 0 radical (unpaired) electrons. The van der Waals surface area contributed by atoms with Crippen molar-refractivity contribution in [1.29, 1.82) is 0 Å². The van der Waals surface area contributed by atoms with Gasteiger partial charge in [0.25, 0.3) is 10.1 Å². The highest BCUT2D eigenvalue weighted by molar-refractivity contribution is 7.86. The lowest BCUT2D eigenvalue weighted by atomic mass is 10.8. The van der Waals surface area contributed by atoms with E-state index in [0.717, 1.165) is 0 Å². The van der Waals surface area contributed by atoms with Crippen LogP contribution in [0.1, 0.15) is 0 Å². The third-order valence-corrected chi connectivity index (χ3v) is 3.01. The lowest BCUT2D eigenvalue weighted by Gasteiger charge is -2.07. The fourth-order valence-corrected chi connectivity index (χ4v) is 1.85. The molecule has 0 atom stereocenters. The summed E-state index contributed by atoms with van der Waals surface area (Å²) >= 11 is 0. The van der Waals surface area contributed by atoms with Crippen LogP contribution in [0.3, 0.4) is 0 Å². The van der Waals surface area contributed by atoms with E-state index in [0.29, 0.717) is 0 Å². The zero-order valence-electron chi connectivity index (χ0n) is 8.10. The Morgan fingerprint density at radius 3 is 2.43 bits per heavy atom. The molecule has 0 saturated carbocycles. The molecule has 0 spiro atoms.